The van der Waals surface area contributed by atoms with Crippen LogP contribution in [0.25, 0.3) is 4.98 Å². The van der Waals surface area contributed by atoms with E-state index in [4.69, 9.17) is 11.1 Å². The van der Waals surface area contributed by atoms with Crippen molar-refractivity contribution in [3.63, 3.8) is 0 Å². The molecule has 6 heteroatoms. The summed E-state index contributed by atoms with van der Waals surface area (Å²) in [5.41, 5.74) is 5.37. The molecule has 1 aromatic rings. The van der Waals surface area contributed by atoms with E-state index in [9.17, 15) is 10.1 Å². The molecule has 60 valence electrons. The summed E-state index contributed by atoms with van der Waals surface area (Å²) in [6.07, 6.45) is 0. The first-order valence-electron chi connectivity index (χ1n) is 3.04. The van der Waals surface area contributed by atoms with Crippen LogP contribution < -0.4 is 5.73 Å². The Labute approximate surface area is 67.4 Å². The van der Waals surface area contributed by atoms with Gasteiger partial charge in [0.1, 0.15) is 11.8 Å². The van der Waals surface area contributed by atoms with Crippen molar-refractivity contribution in [3.8, 4) is 0 Å². The summed E-state index contributed by atoms with van der Waals surface area (Å²) in [6, 6.07) is 3.65. The van der Waals surface area contributed by atoms with Gasteiger partial charge in [-0.3, -0.25) is 10.1 Å². The minimum absolute atomic E-state index is 0.00389. The van der Waals surface area contributed by atoms with Gasteiger partial charge in [0.2, 0.25) is 5.39 Å². The Bertz CT molecular complexity index is 368. The fourth-order valence-corrected chi connectivity index (χ4v) is 0.732. The monoisotopic (exact) mass is 165 g/mol. The molecule has 2 N–H and O–H groups in total. The number of nitrogens with zero attached hydrogens (tertiary/aromatic N) is 3. The third kappa shape index (κ3) is 1.29. The van der Waals surface area contributed by atoms with Crippen LogP contribution in [0.2, 0.25) is 0 Å². The van der Waals surface area contributed by atoms with Gasteiger partial charge in [-0.1, -0.05) is 0 Å². The number of anilines is 1. The predicted molar refractivity (Wildman–Crippen MR) is 42.3 cm³/mol. The topological polar surface area (TPSA) is 97.3 Å². The van der Waals surface area contributed by atoms with Gasteiger partial charge in [0.25, 0.3) is 5.69 Å². The average molecular weight is 165 g/mol. The van der Waals surface area contributed by atoms with E-state index in [0.717, 1.165) is 6.07 Å². The number of hydrogen-bond acceptors (Lipinski definition) is 4. The van der Waals surface area contributed by atoms with Gasteiger partial charge in [-0.05, 0) is 6.07 Å². The van der Waals surface area contributed by atoms with Crippen molar-refractivity contribution < 1.29 is 4.92 Å². The van der Waals surface area contributed by atoms with Crippen molar-refractivity contribution in [2.24, 2.45) is 0 Å². The zero-order chi connectivity index (χ0) is 9.14. The van der Waals surface area contributed by atoms with E-state index >= 15 is 0 Å². The summed E-state index contributed by atoms with van der Waals surface area (Å²) in [5.74, 6) is 0. The Morgan fingerprint density at radius 3 is 2.75 bits per heavy atom. The van der Waals surface area contributed by atoms with Crippen molar-refractivity contribution in [2.45, 2.75) is 0 Å². The average Bonchev–Trinajstić information content (AvgIpc) is 2.05. The molecule has 0 aliphatic rings. The molecule has 0 atom stereocenters. The molecule has 6 nitrogen and oxygen atoms in total. The summed E-state index contributed by atoms with van der Waals surface area (Å²) < 4.78 is 0. The van der Waals surface area contributed by atoms with Crippen LogP contribution in [0, 0.1) is 15.5 Å². The van der Waals surface area contributed by atoms with Gasteiger partial charge in [0.15, 0.2) is 4.98 Å². The van der Waals surface area contributed by atoms with Crippen LogP contribution in [0.5, 0.6) is 0 Å². The molecule has 0 bridgehead atoms. The fourth-order valence-electron chi connectivity index (χ4n) is 0.732. The number of nitro benzene ring substituents is 1. The molecule has 1 rings (SSSR count). The number of nitrogens with two attached hydrogens (primary N) is 1. The molecule has 12 heavy (non-hydrogen) atoms. The second-order valence-corrected chi connectivity index (χ2v) is 2.10. The van der Waals surface area contributed by atoms with Crippen LogP contribution in [0.4, 0.5) is 17.1 Å². The van der Waals surface area contributed by atoms with Crippen molar-refractivity contribution in [3.05, 3.63) is 33.3 Å². The zero-order valence-corrected chi connectivity index (χ0v) is 5.97. The molecule has 0 aliphatic heterocycles. The quantitative estimate of drug-likeness (QED) is 0.296. The third-order valence-electron chi connectivity index (χ3n) is 1.33. The summed E-state index contributed by atoms with van der Waals surface area (Å²) in [6.45, 7) is 0. The highest BCUT2D eigenvalue weighted by atomic mass is 16.6. The van der Waals surface area contributed by atoms with Gasteiger partial charge >= 0.3 is 5.69 Å². The van der Waals surface area contributed by atoms with Crippen LogP contribution in [0.15, 0.2) is 18.2 Å². The summed E-state index contributed by atoms with van der Waals surface area (Å²) >= 11 is 0. The predicted octanol–water partition coefficient (Wildman–Crippen LogP) is 1.66. The van der Waals surface area contributed by atoms with Gasteiger partial charge in [-0.25, -0.2) is 0 Å². The van der Waals surface area contributed by atoms with Crippen molar-refractivity contribution >= 4 is 17.1 Å². The molecular formula is C6H5N4O2+. The maximum atomic E-state index is 10.2. The highest BCUT2D eigenvalue weighted by Gasteiger charge is 2.16. The third-order valence-corrected chi connectivity index (χ3v) is 1.33. The van der Waals surface area contributed by atoms with Gasteiger partial charge in [-0.15, -0.1) is 0 Å². The molecule has 0 aromatic heterocycles. The maximum Gasteiger partial charge on any atom is 0.414 e. The number of non-ortho nitro benzene ring substituents is 1. The molecule has 0 aliphatic carbocycles. The summed E-state index contributed by atoms with van der Waals surface area (Å²) in [4.78, 5) is 12.4. The molecule has 0 saturated carbocycles. The Hall–Kier alpha value is -2.16. The molecule has 0 saturated heterocycles. The smallest absolute Gasteiger partial charge is 0.392 e. The summed E-state index contributed by atoms with van der Waals surface area (Å²) in [5, 5.41) is 18.6. The Balaban J connectivity index is 3.25. The first-order valence-corrected chi connectivity index (χ1v) is 3.04. The van der Waals surface area contributed by atoms with Crippen LogP contribution in [0.1, 0.15) is 0 Å². The molecule has 0 radical (unpaired) electrons. The maximum absolute atomic E-state index is 10.2. The van der Waals surface area contributed by atoms with Crippen molar-refractivity contribution in [1.29, 1.82) is 5.39 Å². The van der Waals surface area contributed by atoms with Crippen LogP contribution in [-0.4, -0.2) is 4.92 Å². The molecule has 0 unspecified atom stereocenters. The Morgan fingerprint density at radius 2 is 2.25 bits per heavy atom. The van der Waals surface area contributed by atoms with E-state index in [0.29, 0.717) is 0 Å². The van der Waals surface area contributed by atoms with E-state index in [2.05, 4.69) is 4.98 Å². The lowest BCUT2D eigenvalue weighted by molar-refractivity contribution is -0.384. The SMILES string of the molecule is N#[N+]c1cc([N+](=O)[O-])ccc1N. The second kappa shape index (κ2) is 2.84. The molecule has 1 aromatic carbocycles. The van der Waals surface area contributed by atoms with Crippen molar-refractivity contribution in [2.75, 3.05) is 5.73 Å². The molecule has 0 fully saturated rings. The largest absolute Gasteiger partial charge is 0.414 e. The lowest BCUT2D eigenvalue weighted by Gasteiger charge is -1.88. The van der Waals surface area contributed by atoms with Gasteiger partial charge in [0.05, 0.1) is 4.92 Å². The van der Waals surface area contributed by atoms with E-state index < -0.39 is 4.92 Å². The summed E-state index contributed by atoms with van der Waals surface area (Å²) in [7, 11) is 0. The second-order valence-electron chi connectivity index (χ2n) is 2.10. The van der Waals surface area contributed by atoms with Gasteiger partial charge in [0, 0.05) is 6.07 Å². The first-order chi connectivity index (χ1) is 5.65. The minimum atomic E-state index is -0.589. The normalized spacial score (nSPS) is 8.92. The van der Waals surface area contributed by atoms with E-state index in [1.54, 1.807) is 0 Å². The van der Waals surface area contributed by atoms with E-state index in [-0.39, 0.29) is 17.1 Å². The lowest BCUT2D eigenvalue weighted by atomic mass is 10.2. The van der Waals surface area contributed by atoms with Gasteiger partial charge < -0.3 is 5.73 Å². The fraction of sp³-hybridized carbons (Fsp3) is 0. The molecule has 0 heterocycles. The standard InChI is InChI=1S/C6H5N4O2/c7-5-2-1-4(10(11)12)3-6(5)9-8/h1-3H,7H2/q+1. The van der Waals surface area contributed by atoms with Crippen LogP contribution >= 0.6 is 0 Å². The number of hydrogen-bond donors (Lipinski definition) is 1. The number of diazo groups is 1. The number of nitro groups is 1. The van der Waals surface area contributed by atoms with E-state index in [1.165, 1.54) is 12.1 Å². The van der Waals surface area contributed by atoms with Gasteiger partial charge in [-0.2, -0.15) is 0 Å². The highest BCUT2D eigenvalue weighted by molar-refractivity contribution is 5.69. The first kappa shape index (κ1) is 7.94. The number of rotatable bonds is 1. The number of nitrogen functional groups attached to an aromatic ring is 1. The molecule has 0 amide bonds. The van der Waals surface area contributed by atoms with Crippen LogP contribution in [-0.2, 0) is 0 Å². The van der Waals surface area contributed by atoms with E-state index in [1.807, 2.05) is 0 Å². The minimum Gasteiger partial charge on any atom is -0.392 e. The molecule has 0 spiro atoms. The van der Waals surface area contributed by atoms with Crippen molar-refractivity contribution in [1.82, 2.24) is 0 Å². The Kier molecular flexibility index (Phi) is 1.88. The highest BCUT2D eigenvalue weighted by Crippen LogP contribution is 2.26. The van der Waals surface area contributed by atoms with Crippen LogP contribution in [0.3, 0.4) is 0 Å². The lowest BCUT2D eigenvalue weighted by Crippen LogP contribution is -1.89. The zero-order valence-electron chi connectivity index (χ0n) is 5.97. The molecular weight excluding hydrogens is 160 g/mol. The number of benzene rings is 1. The Morgan fingerprint density at radius 1 is 1.58 bits per heavy atom.